The van der Waals surface area contributed by atoms with E-state index < -0.39 is 23.4 Å². The Kier molecular flexibility index (Phi) is 6.28. The van der Waals surface area contributed by atoms with Crippen molar-refractivity contribution in [2.45, 2.75) is 25.7 Å². The molecule has 0 radical (unpaired) electrons. The standard InChI is InChI=1S/C20H21F2NO5/c1-26-17-7-6-16(23-20(17)28-11-12-4-5-12)13-9-14(21)19(15(22)10-13)27-8-2-3-18(24)25/h6-7,9-10,12H,2-5,8,11H2,1H3,(H,24,25). The minimum atomic E-state index is -0.995. The third-order valence-electron chi connectivity index (χ3n) is 4.27. The molecule has 28 heavy (non-hydrogen) atoms. The lowest BCUT2D eigenvalue weighted by molar-refractivity contribution is -0.137. The Labute approximate surface area is 161 Å². The molecule has 1 fully saturated rings. The fourth-order valence-electron chi connectivity index (χ4n) is 2.57. The highest BCUT2D eigenvalue weighted by atomic mass is 19.1. The van der Waals surface area contributed by atoms with E-state index in [9.17, 15) is 13.6 Å². The number of carboxylic acids is 1. The number of aromatic nitrogens is 1. The van der Waals surface area contributed by atoms with E-state index in [0.717, 1.165) is 25.0 Å². The van der Waals surface area contributed by atoms with Crippen LogP contribution < -0.4 is 14.2 Å². The Morgan fingerprint density at radius 2 is 1.93 bits per heavy atom. The van der Waals surface area contributed by atoms with Crippen molar-refractivity contribution in [2.75, 3.05) is 20.3 Å². The molecule has 1 saturated carbocycles. The average molecular weight is 393 g/mol. The summed E-state index contributed by atoms with van der Waals surface area (Å²) in [5, 5.41) is 8.58. The first-order valence-corrected chi connectivity index (χ1v) is 8.99. The average Bonchev–Trinajstić information content (AvgIpc) is 3.49. The monoisotopic (exact) mass is 393 g/mol. The number of aliphatic carboxylic acids is 1. The summed E-state index contributed by atoms with van der Waals surface area (Å²) in [5.41, 5.74) is 0.564. The quantitative estimate of drug-likeness (QED) is 0.613. The molecule has 1 N–H and O–H groups in total. The largest absolute Gasteiger partial charge is 0.491 e. The van der Waals surface area contributed by atoms with Crippen LogP contribution in [0.25, 0.3) is 11.3 Å². The third-order valence-corrected chi connectivity index (χ3v) is 4.27. The van der Waals surface area contributed by atoms with Crippen molar-refractivity contribution in [3.05, 3.63) is 35.9 Å². The molecule has 3 rings (SSSR count). The van der Waals surface area contributed by atoms with Crippen LogP contribution in [0.4, 0.5) is 8.78 Å². The smallest absolute Gasteiger partial charge is 0.303 e. The van der Waals surface area contributed by atoms with Gasteiger partial charge in [0.1, 0.15) is 0 Å². The van der Waals surface area contributed by atoms with E-state index in [1.807, 2.05) is 0 Å². The van der Waals surface area contributed by atoms with Gasteiger partial charge in [-0.05, 0) is 49.4 Å². The predicted octanol–water partition coefficient (Wildman–Crippen LogP) is 4.07. The molecule has 1 aliphatic carbocycles. The van der Waals surface area contributed by atoms with E-state index in [-0.39, 0.29) is 30.9 Å². The highest BCUT2D eigenvalue weighted by molar-refractivity contribution is 5.66. The fraction of sp³-hybridized carbons (Fsp3) is 0.400. The van der Waals surface area contributed by atoms with Crippen LogP contribution in [0.1, 0.15) is 25.7 Å². The molecule has 2 aromatic rings. The van der Waals surface area contributed by atoms with E-state index >= 15 is 0 Å². The molecule has 0 atom stereocenters. The Bertz CT molecular complexity index is 831. The van der Waals surface area contributed by atoms with Crippen LogP contribution in [0, 0.1) is 17.6 Å². The number of benzene rings is 1. The molecular formula is C20H21F2NO5. The zero-order valence-electron chi connectivity index (χ0n) is 15.4. The second kappa shape index (κ2) is 8.86. The Morgan fingerprint density at radius 3 is 2.54 bits per heavy atom. The summed E-state index contributed by atoms with van der Waals surface area (Å²) in [7, 11) is 1.50. The van der Waals surface area contributed by atoms with Gasteiger partial charge in [-0.1, -0.05) is 0 Å². The number of pyridine rings is 1. The Hall–Kier alpha value is -2.90. The molecule has 0 unspecified atom stereocenters. The summed E-state index contributed by atoms with van der Waals surface area (Å²) in [6.45, 7) is 0.429. The molecule has 1 aromatic carbocycles. The molecule has 0 saturated heterocycles. The van der Waals surface area contributed by atoms with Gasteiger partial charge in [-0.25, -0.2) is 13.8 Å². The number of halogens is 2. The molecule has 0 amide bonds. The van der Waals surface area contributed by atoms with Gasteiger partial charge in [-0.3, -0.25) is 4.79 Å². The second-order valence-corrected chi connectivity index (χ2v) is 6.57. The minimum absolute atomic E-state index is 0.0978. The molecule has 0 bridgehead atoms. The van der Waals surface area contributed by atoms with Crippen LogP contribution in [-0.2, 0) is 4.79 Å². The zero-order chi connectivity index (χ0) is 20.1. The Morgan fingerprint density at radius 1 is 1.21 bits per heavy atom. The van der Waals surface area contributed by atoms with Crippen molar-refractivity contribution in [3.63, 3.8) is 0 Å². The zero-order valence-corrected chi connectivity index (χ0v) is 15.4. The normalized spacial score (nSPS) is 13.2. The maximum atomic E-state index is 14.3. The van der Waals surface area contributed by atoms with Gasteiger partial charge in [0, 0.05) is 12.0 Å². The number of hydrogen-bond acceptors (Lipinski definition) is 5. The van der Waals surface area contributed by atoms with Gasteiger partial charge in [0.2, 0.25) is 0 Å². The van der Waals surface area contributed by atoms with E-state index in [4.69, 9.17) is 19.3 Å². The molecule has 6 nitrogen and oxygen atoms in total. The highest BCUT2D eigenvalue weighted by Crippen LogP contribution is 2.34. The molecule has 8 heteroatoms. The first kappa shape index (κ1) is 19.9. The van der Waals surface area contributed by atoms with Gasteiger partial charge < -0.3 is 19.3 Å². The predicted molar refractivity (Wildman–Crippen MR) is 96.7 cm³/mol. The molecule has 150 valence electrons. The van der Waals surface area contributed by atoms with Crippen LogP contribution >= 0.6 is 0 Å². The van der Waals surface area contributed by atoms with Crippen LogP contribution in [-0.4, -0.2) is 36.4 Å². The molecule has 0 spiro atoms. The molecule has 1 aliphatic rings. The lowest BCUT2D eigenvalue weighted by Crippen LogP contribution is -2.05. The third kappa shape index (κ3) is 5.09. The van der Waals surface area contributed by atoms with Gasteiger partial charge in [-0.15, -0.1) is 0 Å². The molecule has 1 heterocycles. The van der Waals surface area contributed by atoms with Gasteiger partial charge in [0.05, 0.1) is 26.0 Å². The summed E-state index contributed by atoms with van der Waals surface area (Å²) in [5.74, 6) is -2.06. The van der Waals surface area contributed by atoms with E-state index in [1.54, 1.807) is 12.1 Å². The summed E-state index contributed by atoms with van der Waals surface area (Å²) in [6.07, 6.45) is 2.25. The lowest BCUT2D eigenvalue weighted by Gasteiger charge is -2.12. The minimum Gasteiger partial charge on any atom is -0.491 e. The molecule has 0 aliphatic heterocycles. The summed E-state index contributed by atoms with van der Waals surface area (Å²) in [6, 6.07) is 5.46. The molecule has 1 aromatic heterocycles. The molecular weight excluding hydrogens is 372 g/mol. The SMILES string of the molecule is COc1ccc(-c2cc(F)c(OCCCC(=O)O)c(F)c2)nc1OCC1CC1. The van der Waals surface area contributed by atoms with Crippen molar-refractivity contribution in [1.82, 2.24) is 4.98 Å². The van der Waals surface area contributed by atoms with Gasteiger partial charge >= 0.3 is 5.97 Å². The van der Waals surface area contributed by atoms with Gasteiger partial charge in [0.15, 0.2) is 23.1 Å². The number of carboxylic acid groups (broad SMARTS) is 1. The van der Waals surface area contributed by atoms with Crippen LogP contribution in [0.15, 0.2) is 24.3 Å². The van der Waals surface area contributed by atoms with Crippen molar-refractivity contribution in [3.8, 4) is 28.6 Å². The second-order valence-electron chi connectivity index (χ2n) is 6.57. The van der Waals surface area contributed by atoms with E-state index in [0.29, 0.717) is 24.0 Å². The number of ether oxygens (including phenoxy) is 3. The van der Waals surface area contributed by atoms with Gasteiger partial charge in [-0.2, -0.15) is 0 Å². The fourth-order valence-corrected chi connectivity index (χ4v) is 2.57. The maximum Gasteiger partial charge on any atom is 0.303 e. The number of nitrogens with zero attached hydrogens (tertiary/aromatic N) is 1. The van der Waals surface area contributed by atoms with E-state index in [1.165, 1.54) is 7.11 Å². The first-order valence-electron chi connectivity index (χ1n) is 8.99. The maximum absolute atomic E-state index is 14.3. The van der Waals surface area contributed by atoms with Crippen LogP contribution in [0.5, 0.6) is 17.4 Å². The number of methoxy groups -OCH3 is 1. The van der Waals surface area contributed by atoms with Crippen molar-refractivity contribution < 1.29 is 32.9 Å². The van der Waals surface area contributed by atoms with Crippen molar-refractivity contribution in [2.24, 2.45) is 5.92 Å². The first-order chi connectivity index (χ1) is 13.5. The summed E-state index contributed by atoms with van der Waals surface area (Å²) < 4.78 is 44.6. The van der Waals surface area contributed by atoms with Crippen LogP contribution in [0.2, 0.25) is 0 Å². The number of rotatable bonds is 10. The highest BCUT2D eigenvalue weighted by Gasteiger charge is 2.23. The summed E-state index contributed by atoms with van der Waals surface area (Å²) in [4.78, 5) is 14.8. The number of carbonyl (C=O) groups is 1. The van der Waals surface area contributed by atoms with E-state index in [2.05, 4.69) is 4.98 Å². The topological polar surface area (TPSA) is 77.9 Å². The number of hydrogen-bond donors (Lipinski definition) is 1. The van der Waals surface area contributed by atoms with Gasteiger partial charge in [0.25, 0.3) is 5.88 Å². The van der Waals surface area contributed by atoms with Crippen LogP contribution in [0.3, 0.4) is 0 Å². The summed E-state index contributed by atoms with van der Waals surface area (Å²) >= 11 is 0. The Balaban J connectivity index is 1.77. The van der Waals surface area contributed by atoms with Crippen molar-refractivity contribution >= 4 is 5.97 Å². The van der Waals surface area contributed by atoms with Crippen molar-refractivity contribution in [1.29, 1.82) is 0 Å². The lowest BCUT2D eigenvalue weighted by atomic mass is 10.1.